The summed E-state index contributed by atoms with van der Waals surface area (Å²) in [4.78, 5) is 29.9. The number of unbranched alkanes of at least 4 members (excludes halogenated alkanes) is 14. The van der Waals surface area contributed by atoms with Gasteiger partial charge in [-0.1, -0.05) is 89.2 Å². The van der Waals surface area contributed by atoms with E-state index in [-0.39, 0.29) is 11.8 Å². The van der Waals surface area contributed by atoms with E-state index in [0.29, 0.717) is 12.8 Å². The fourth-order valence-electron chi connectivity index (χ4n) is 5.34. The molecule has 0 radical (unpaired) electrons. The molecule has 2 N–H and O–H groups in total. The normalized spacial score (nSPS) is 11.3. The van der Waals surface area contributed by atoms with Crippen LogP contribution in [-0.4, -0.2) is 28.3 Å². The molecule has 0 aliphatic heterocycles. The standard InChI is InChI=1S/C35H51N3O2S2/c39-34(17-13-9-5-1-3-7-11-15-23-41)36-30-21-19-28-25-29-20-22-31(27-33(29)38-32(28)26-30)37-35(40)18-14-10-6-2-4-8-12-16-24-42/h19-22,25-27,41-42H,1-18,23-24H2,(H,36,39)(H,37,40). The zero-order chi connectivity index (χ0) is 29.8. The zero-order valence-corrected chi connectivity index (χ0v) is 27.1. The number of pyridine rings is 1. The minimum absolute atomic E-state index is 0.0539. The summed E-state index contributed by atoms with van der Waals surface area (Å²) in [5.41, 5.74) is 3.19. The van der Waals surface area contributed by atoms with Crippen LogP contribution in [0.25, 0.3) is 21.8 Å². The van der Waals surface area contributed by atoms with Crippen molar-refractivity contribution in [3.8, 4) is 0 Å². The number of anilines is 2. The molecule has 3 rings (SSSR count). The average molecular weight is 610 g/mol. The van der Waals surface area contributed by atoms with E-state index >= 15 is 0 Å². The molecule has 2 aromatic carbocycles. The maximum Gasteiger partial charge on any atom is 0.224 e. The van der Waals surface area contributed by atoms with Crippen molar-refractivity contribution >= 4 is 70.3 Å². The molecule has 0 aliphatic carbocycles. The first-order chi connectivity index (χ1) is 20.6. The Morgan fingerprint density at radius 3 is 1.24 bits per heavy atom. The van der Waals surface area contributed by atoms with Crippen LogP contribution in [0.3, 0.4) is 0 Å². The van der Waals surface area contributed by atoms with Gasteiger partial charge in [0.1, 0.15) is 0 Å². The van der Waals surface area contributed by atoms with Gasteiger partial charge < -0.3 is 10.6 Å². The minimum atomic E-state index is 0.0539. The molecule has 7 heteroatoms. The molecule has 1 heterocycles. The number of fused-ring (bicyclic) bond motifs is 2. The topological polar surface area (TPSA) is 71.1 Å². The van der Waals surface area contributed by atoms with Crippen LogP contribution in [0.2, 0.25) is 0 Å². The third-order valence-corrected chi connectivity index (χ3v) is 8.44. The molecule has 0 fully saturated rings. The number of thiol groups is 2. The number of carbonyl (C=O) groups excluding carboxylic acids is 2. The number of nitrogens with one attached hydrogen (secondary N) is 2. The predicted molar refractivity (Wildman–Crippen MR) is 187 cm³/mol. The minimum Gasteiger partial charge on any atom is -0.326 e. The van der Waals surface area contributed by atoms with Crippen LogP contribution >= 0.6 is 25.3 Å². The largest absolute Gasteiger partial charge is 0.326 e. The van der Waals surface area contributed by atoms with Gasteiger partial charge in [-0.15, -0.1) is 0 Å². The zero-order valence-electron chi connectivity index (χ0n) is 25.3. The van der Waals surface area contributed by atoms with Gasteiger partial charge in [0.25, 0.3) is 0 Å². The quantitative estimate of drug-likeness (QED) is 0.0520. The van der Waals surface area contributed by atoms with Crippen molar-refractivity contribution in [1.29, 1.82) is 0 Å². The monoisotopic (exact) mass is 609 g/mol. The second kappa shape index (κ2) is 20.6. The van der Waals surface area contributed by atoms with Crippen molar-refractivity contribution in [3.63, 3.8) is 0 Å². The fraction of sp³-hybridized carbons (Fsp3) is 0.571. The van der Waals surface area contributed by atoms with E-state index in [1.165, 1.54) is 77.0 Å². The lowest BCUT2D eigenvalue weighted by Crippen LogP contribution is -2.11. The highest BCUT2D eigenvalue weighted by molar-refractivity contribution is 7.80. The highest BCUT2D eigenvalue weighted by atomic mass is 32.1. The molecule has 0 aliphatic rings. The van der Waals surface area contributed by atoms with E-state index < -0.39 is 0 Å². The second-order valence-corrected chi connectivity index (χ2v) is 12.4. The van der Waals surface area contributed by atoms with Gasteiger partial charge >= 0.3 is 0 Å². The van der Waals surface area contributed by atoms with Crippen molar-refractivity contribution in [2.45, 2.75) is 116 Å². The van der Waals surface area contributed by atoms with Crippen LogP contribution in [0.15, 0.2) is 42.5 Å². The van der Waals surface area contributed by atoms with Gasteiger partial charge in [0, 0.05) is 35.0 Å². The Kier molecular flexibility index (Phi) is 16.8. The lowest BCUT2D eigenvalue weighted by molar-refractivity contribution is -0.117. The number of aromatic nitrogens is 1. The number of hydrogen-bond donors (Lipinski definition) is 4. The number of carbonyl (C=O) groups is 2. The Morgan fingerprint density at radius 1 is 0.500 bits per heavy atom. The molecule has 3 aromatic rings. The summed E-state index contributed by atoms with van der Waals surface area (Å²) in [5, 5.41) is 8.13. The highest BCUT2D eigenvalue weighted by Gasteiger charge is 2.08. The molecule has 0 unspecified atom stereocenters. The highest BCUT2D eigenvalue weighted by Crippen LogP contribution is 2.25. The molecule has 2 amide bonds. The summed E-state index contributed by atoms with van der Waals surface area (Å²) in [6.07, 6.45) is 20.1. The Hall–Kier alpha value is -2.25. The van der Waals surface area contributed by atoms with E-state index in [9.17, 15) is 9.59 Å². The molecule has 1 aromatic heterocycles. The van der Waals surface area contributed by atoms with Gasteiger partial charge in [-0.05, 0) is 67.5 Å². The first-order valence-electron chi connectivity index (χ1n) is 16.2. The molecule has 0 bridgehead atoms. The second-order valence-electron chi connectivity index (χ2n) is 11.5. The maximum absolute atomic E-state index is 12.5. The van der Waals surface area contributed by atoms with Crippen LogP contribution in [0.5, 0.6) is 0 Å². The Labute approximate surface area is 264 Å². The maximum atomic E-state index is 12.5. The predicted octanol–water partition coefficient (Wildman–Crippen LogP) is 10.1. The SMILES string of the molecule is O=C(CCCCCCCCCCS)Nc1ccc2cc3ccc(NC(=O)CCCCCCCCCCS)cc3nc2c1. The van der Waals surface area contributed by atoms with Crippen LogP contribution in [-0.2, 0) is 9.59 Å². The third kappa shape index (κ3) is 13.4. The van der Waals surface area contributed by atoms with E-state index in [4.69, 9.17) is 4.98 Å². The molecular weight excluding hydrogens is 559 g/mol. The smallest absolute Gasteiger partial charge is 0.224 e. The van der Waals surface area contributed by atoms with Crippen LogP contribution in [0, 0.1) is 0 Å². The van der Waals surface area contributed by atoms with Gasteiger partial charge in [0.05, 0.1) is 11.0 Å². The van der Waals surface area contributed by atoms with Gasteiger partial charge in [0.2, 0.25) is 11.8 Å². The van der Waals surface area contributed by atoms with Crippen molar-refractivity contribution < 1.29 is 9.59 Å². The summed E-state index contributed by atoms with van der Waals surface area (Å²) in [6.45, 7) is 0. The molecule has 42 heavy (non-hydrogen) atoms. The van der Waals surface area contributed by atoms with Crippen LogP contribution < -0.4 is 10.6 Å². The number of nitrogens with zero attached hydrogens (tertiary/aromatic N) is 1. The molecule has 5 nitrogen and oxygen atoms in total. The summed E-state index contributed by atoms with van der Waals surface area (Å²) in [5.74, 6) is 2.08. The average Bonchev–Trinajstić information content (AvgIpc) is 2.98. The Morgan fingerprint density at radius 2 is 0.857 bits per heavy atom. The van der Waals surface area contributed by atoms with E-state index in [2.05, 4.69) is 42.0 Å². The molecule has 0 saturated carbocycles. The third-order valence-electron chi connectivity index (χ3n) is 7.80. The molecular formula is C35H51N3O2S2. The van der Waals surface area contributed by atoms with E-state index in [0.717, 1.165) is 70.4 Å². The summed E-state index contributed by atoms with van der Waals surface area (Å²) >= 11 is 8.52. The summed E-state index contributed by atoms with van der Waals surface area (Å²) in [6, 6.07) is 13.9. The van der Waals surface area contributed by atoms with E-state index in [1.807, 2.05) is 36.4 Å². The number of amides is 2. The molecule has 0 atom stereocenters. The van der Waals surface area contributed by atoms with Crippen molar-refractivity contribution in [1.82, 2.24) is 4.98 Å². The van der Waals surface area contributed by atoms with Gasteiger partial charge in [-0.3, -0.25) is 9.59 Å². The lowest BCUT2D eigenvalue weighted by atomic mass is 10.1. The summed E-state index contributed by atoms with van der Waals surface area (Å²) < 4.78 is 0. The van der Waals surface area contributed by atoms with Crippen molar-refractivity contribution in [2.24, 2.45) is 0 Å². The fourth-order valence-corrected chi connectivity index (χ4v) is 5.79. The Bertz CT molecular complexity index is 1140. The lowest BCUT2D eigenvalue weighted by Gasteiger charge is -2.09. The van der Waals surface area contributed by atoms with Gasteiger partial charge in [-0.2, -0.15) is 25.3 Å². The summed E-state index contributed by atoms with van der Waals surface area (Å²) in [7, 11) is 0. The van der Waals surface area contributed by atoms with Crippen LogP contribution in [0.4, 0.5) is 11.4 Å². The Balaban J connectivity index is 1.42. The molecule has 0 spiro atoms. The van der Waals surface area contributed by atoms with Crippen LogP contribution in [0.1, 0.15) is 116 Å². The first kappa shape index (κ1) is 34.2. The van der Waals surface area contributed by atoms with Gasteiger partial charge in [-0.25, -0.2) is 4.98 Å². The van der Waals surface area contributed by atoms with Gasteiger partial charge in [0.15, 0.2) is 0 Å². The van der Waals surface area contributed by atoms with Crippen molar-refractivity contribution in [2.75, 3.05) is 22.1 Å². The molecule has 0 saturated heterocycles. The first-order valence-corrected chi connectivity index (χ1v) is 17.5. The number of rotatable bonds is 22. The van der Waals surface area contributed by atoms with Crippen molar-refractivity contribution in [3.05, 3.63) is 42.5 Å². The number of benzene rings is 2. The molecule has 230 valence electrons. The van der Waals surface area contributed by atoms with E-state index in [1.54, 1.807) is 0 Å². The number of hydrogen-bond acceptors (Lipinski definition) is 5.